The molecule has 20 heavy (non-hydrogen) atoms. The summed E-state index contributed by atoms with van der Waals surface area (Å²) in [5, 5.41) is 2.47. The summed E-state index contributed by atoms with van der Waals surface area (Å²) in [4.78, 5) is 10.7. The lowest BCUT2D eigenvalue weighted by molar-refractivity contribution is -0.107. The number of hydrogen-bond acceptors (Lipinski definition) is 1. The van der Waals surface area contributed by atoms with E-state index in [9.17, 15) is 4.79 Å². The molecule has 0 saturated heterocycles. The van der Waals surface area contributed by atoms with Gasteiger partial charge >= 0.3 is 0 Å². The number of halogens is 1. The SMILES string of the molecule is CCCn1c2ccccc2c2cc(C(Br)C=O)ccc21. The molecule has 0 aliphatic heterocycles. The molecule has 1 atom stereocenters. The number of carbonyl (C=O) groups is 1. The van der Waals surface area contributed by atoms with Crippen LogP contribution in [0.2, 0.25) is 0 Å². The van der Waals surface area contributed by atoms with Crippen molar-refractivity contribution in [3.8, 4) is 0 Å². The Balaban J connectivity index is 2.34. The molecule has 2 aromatic carbocycles. The zero-order valence-corrected chi connectivity index (χ0v) is 12.9. The number of carbonyl (C=O) groups excluding carboxylic acids is 1. The molecule has 1 heterocycles. The summed E-state index contributed by atoms with van der Waals surface area (Å²) >= 11 is 3.40. The molecule has 0 fully saturated rings. The van der Waals surface area contributed by atoms with Gasteiger partial charge in [0.2, 0.25) is 0 Å². The Hall–Kier alpha value is -1.61. The van der Waals surface area contributed by atoms with Gasteiger partial charge in [0.1, 0.15) is 6.29 Å². The number of fused-ring (bicyclic) bond motifs is 3. The van der Waals surface area contributed by atoms with Gasteiger partial charge in [-0.2, -0.15) is 0 Å². The minimum Gasteiger partial charge on any atom is -0.340 e. The molecule has 0 saturated carbocycles. The van der Waals surface area contributed by atoms with Gasteiger partial charge in [-0.3, -0.25) is 0 Å². The van der Waals surface area contributed by atoms with Crippen molar-refractivity contribution in [2.24, 2.45) is 0 Å². The highest BCUT2D eigenvalue weighted by atomic mass is 79.9. The smallest absolute Gasteiger partial charge is 0.138 e. The van der Waals surface area contributed by atoms with Crippen LogP contribution in [0.15, 0.2) is 42.5 Å². The summed E-state index contributed by atoms with van der Waals surface area (Å²) in [7, 11) is 0. The predicted molar refractivity (Wildman–Crippen MR) is 87.5 cm³/mol. The highest BCUT2D eigenvalue weighted by Crippen LogP contribution is 2.32. The number of hydrogen-bond donors (Lipinski definition) is 0. The molecule has 3 rings (SSSR count). The van der Waals surface area contributed by atoms with E-state index in [1.54, 1.807) is 0 Å². The Kier molecular flexibility index (Phi) is 3.62. The molecule has 0 spiro atoms. The third kappa shape index (κ3) is 2.06. The van der Waals surface area contributed by atoms with Crippen LogP contribution in [0.5, 0.6) is 0 Å². The minimum absolute atomic E-state index is 0.236. The molecule has 102 valence electrons. The fourth-order valence-corrected chi connectivity index (χ4v) is 3.07. The van der Waals surface area contributed by atoms with Crippen LogP contribution in [-0.4, -0.2) is 10.9 Å². The molecule has 0 radical (unpaired) electrons. The molecule has 1 aromatic heterocycles. The third-order valence-electron chi connectivity index (χ3n) is 3.68. The molecule has 0 amide bonds. The van der Waals surface area contributed by atoms with Crippen molar-refractivity contribution < 1.29 is 4.79 Å². The van der Waals surface area contributed by atoms with E-state index >= 15 is 0 Å². The monoisotopic (exact) mass is 329 g/mol. The third-order valence-corrected chi connectivity index (χ3v) is 4.43. The number of benzene rings is 2. The van der Waals surface area contributed by atoms with Crippen LogP contribution in [0.3, 0.4) is 0 Å². The van der Waals surface area contributed by atoms with Crippen molar-refractivity contribution in [3.05, 3.63) is 48.0 Å². The molecule has 0 bridgehead atoms. The second kappa shape index (κ2) is 5.41. The maximum absolute atomic E-state index is 11.0. The summed E-state index contributed by atoms with van der Waals surface area (Å²) in [5.74, 6) is 0. The average molecular weight is 330 g/mol. The van der Waals surface area contributed by atoms with Crippen LogP contribution in [0.1, 0.15) is 23.7 Å². The standard InChI is InChI=1S/C17H16BrNO/c1-2-9-19-16-6-4-3-5-13(16)14-10-12(15(18)11-20)7-8-17(14)19/h3-8,10-11,15H,2,9H2,1H3. The quantitative estimate of drug-likeness (QED) is 0.496. The maximum atomic E-state index is 11.0. The topological polar surface area (TPSA) is 22.0 Å². The number of nitrogens with zero attached hydrogens (tertiary/aromatic N) is 1. The Labute approximate surface area is 126 Å². The number of aldehydes is 1. The molecular formula is C17H16BrNO. The van der Waals surface area contributed by atoms with Gasteiger partial charge in [0.05, 0.1) is 4.83 Å². The van der Waals surface area contributed by atoms with Gasteiger partial charge < -0.3 is 9.36 Å². The first kappa shape index (κ1) is 13.4. The largest absolute Gasteiger partial charge is 0.340 e. The number of aromatic nitrogens is 1. The molecule has 3 heteroatoms. The van der Waals surface area contributed by atoms with E-state index < -0.39 is 0 Å². The van der Waals surface area contributed by atoms with E-state index in [4.69, 9.17) is 0 Å². The predicted octanol–water partition coefficient (Wildman–Crippen LogP) is 4.84. The average Bonchev–Trinajstić information content (AvgIpc) is 2.81. The van der Waals surface area contributed by atoms with Gasteiger partial charge in [-0.25, -0.2) is 0 Å². The summed E-state index contributed by atoms with van der Waals surface area (Å²) in [6, 6.07) is 14.7. The first-order valence-electron chi connectivity index (χ1n) is 6.86. The van der Waals surface area contributed by atoms with E-state index in [-0.39, 0.29) is 4.83 Å². The van der Waals surface area contributed by atoms with Crippen LogP contribution < -0.4 is 0 Å². The summed E-state index contributed by atoms with van der Waals surface area (Å²) in [6.07, 6.45) is 2.03. The van der Waals surface area contributed by atoms with Crippen molar-refractivity contribution in [1.29, 1.82) is 0 Å². The van der Waals surface area contributed by atoms with E-state index in [1.807, 2.05) is 6.07 Å². The Morgan fingerprint density at radius 2 is 1.90 bits per heavy atom. The number of aryl methyl sites for hydroxylation is 1. The first-order valence-corrected chi connectivity index (χ1v) is 7.78. The highest BCUT2D eigenvalue weighted by Gasteiger charge is 2.12. The Morgan fingerprint density at radius 3 is 2.65 bits per heavy atom. The molecule has 0 aliphatic rings. The normalized spacial score (nSPS) is 12.9. The molecule has 3 aromatic rings. The van der Waals surface area contributed by atoms with Gasteiger partial charge in [0, 0.05) is 28.4 Å². The summed E-state index contributed by atoms with van der Waals surface area (Å²) in [5.41, 5.74) is 3.51. The summed E-state index contributed by atoms with van der Waals surface area (Å²) < 4.78 is 2.36. The van der Waals surface area contributed by atoms with Gasteiger partial charge in [-0.1, -0.05) is 47.1 Å². The van der Waals surface area contributed by atoms with Gasteiger partial charge in [0.25, 0.3) is 0 Å². The van der Waals surface area contributed by atoms with Crippen molar-refractivity contribution in [1.82, 2.24) is 4.57 Å². The second-order valence-electron chi connectivity index (χ2n) is 4.98. The highest BCUT2D eigenvalue weighted by molar-refractivity contribution is 9.09. The van der Waals surface area contributed by atoms with Gasteiger partial charge in [0.15, 0.2) is 0 Å². The van der Waals surface area contributed by atoms with Crippen molar-refractivity contribution in [2.75, 3.05) is 0 Å². The van der Waals surface area contributed by atoms with E-state index in [1.165, 1.54) is 21.8 Å². The molecular weight excluding hydrogens is 314 g/mol. The van der Waals surface area contributed by atoms with Crippen LogP contribution in [-0.2, 0) is 11.3 Å². The van der Waals surface area contributed by atoms with Crippen LogP contribution in [0, 0.1) is 0 Å². The van der Waals surface area contributed by atoms with E-state index in [0.717, 1.165) is 24.8 Å². The number of para-hydroxylation sites is 1. The zero-order chi connectivity index (χ0) is 14.1. The summed E-state index contributed by atoms with van der Waals surface area (Å²) in [6.45, 7) is 3.20. The molecule has 0 aliphatic carbocycles. The van der Waals surface area contributed by atoms with E-state index in [0.29, 0.717) is 0 Å². The maximum Gasteiger partial charge on any atom is 0.138 e. The first-order chi connectivity index (χ1) is 9.76. The lowest BCUT2D eigenvalue weighted by atomic mass is 10.1. The van der Waals surface area contributed by atoms with Crippen LogP contribution in [0.25, 0.3) is 21.8 Å². The van der Waals surface area contributed by atoms with Crippen LogP contribution in [0.4, 0.5) is 0 Å². The molecule has 1 unspecified atom stereocenters. The zero-order valence-electron chi connectivity index (χ0n) is 11.3. The molecule has 0 N–H and O–H groups in total. The number of alkyl halides is 1. The Morgan fingerprint density at radius 1 is 1.15 bits per heavy atom. The fraction of sp³-hybridized carbons (Fsp3) is 0.235. The molecule has 2 nitrogen and oxygen atoms in total. The van der Waals surface area contributed by atoms with Crippen molar-refractivity contribution >= 4 is 44.0 Å². The lowest BCUT2D eigenvalue weighted by Gasteiger charge is -2.06. The Bertz CT molecular complexity index is 775. The van der Waals surface area contributed by atoms with Gasteiger partial charge in [-0.15, -0.1) is 0 Å². The van der Waals surface area contributed by atoms with Crippen molar-refractivity contribution in [2.45, 2.75) is 24.7 Å². The fourth-order valence-electron chi connectivity index (χ4n) is 2.79. The van der Waals surface area contributed by atoms with Crippen molar-refractivity contribution in [3.63, 3.8) is 0 Å². The lowest BCUT2D eigenvalue weighted by Crippen LogP contribution is -1.96. The second-order valence-corrected chi connectivity index (χ2v) is 5.97. The van der Waals surface area contributed by atoms with Gasteiger partial charge in [-0.05, 0) is 30.2 Å². The minimum atomic E-state index is -0.236. The van der Waals surface area contributed by atoms with Crippen LogP contribution >= 0.6 is 15.9 Å². The van der Waals surface area contributed by atoms with E-state index in [2.05, 4.69) is 63.8 Å². The number of rotatable bonds is 4.